The van der Waals surface area contributed by atoms with E-state index in [4.69, 9.17) is 0 Å². The highest BCUT2D eigenvalue weighted by molar-refractivity contribution is 6.12. The monoisotopic (exact) mass is 125 g/mol. The fourth-order valence-electron chi connectivity index (χ4n) is 0.727. The van der Waals surface area contributed by atoms with Gasteiger partial charge in [0.2, 0.25) is 5.91 Å². The van der Waals surface area contributed by atoms with Crippen molar-refractivity contribution in [1.82, 2.24) is 4.90 Å². The lowest BCUT2D eigenvalue weighted by molar-refractivity contribution is -0.135. The van der Waals surface area contributed by atoms with Gasteiger partial charge in [0, 0.05) is 12.6 Å². The van der Waals surface area contributed by atoms with Gasteiger partial charge in [0.15, 0.2) is 0 Å². The summed E-state index contributed by atoms with van der Waals surface area (Å²) < 4.78 is 0. The summed E-state index contributed by atoms with van der Waals surface area (Å²) in [6.07, 6.45) is 0.190. The first-order valence-corrected chi connectivity index (χ1v) is 2.61. The Balaban J connectivity index is 2.90. The zero-order valence-corrected chi connectivity index (χ0v) is 5.18. The van der Waals surface area contributed by atoms with Crippen molar-refractivity contribution in [3.8, 4) is 0 Å². The minimum atomic E-state index is -0.250. The first-order chi connectivity index (χ1) is 4.13. The molecule has 0 saturated carbocycles. The fourth-order valence-corrected chi connectivity index (χ4v) is 0.727. The normalized spacial score (nSPS) is 19.7. The van der Waals surface area contributed by atoms with Crippen LogP contribution in [0.4, 0.5) is 0 Å². The van der Waals surface area contributed by atoms with Crippen molar-refractivity contribution >= 4 is 11.8 Å². The maximum absolute atomic E-state index is 10.7. The summed E-state index contributed by atoms with van der Waals surface area (Å²) >= 11 is 0. The predicted octanol–water partition coefficient (Wildman–Crippen LogP) is -0.0687. The van der Waals surface area contributed by atoms with E-state index in [1.165, 1.54) is 7.05 Å². The largest absolute Gasteiger partial charge is 0.282 e. The van der Waals surface area contributed by atoms with Crippen LogP contribution >= 0.6 is 0 Å². The van der Waals surface area contributed by atoms with E-state index in [0.717, 1.165) is 4.90 Å². The van der Waals surface area contributed by atoms with Gasteiger partial charge in [-0.3, -0.25) is 14.5 Å². The lowest BCUT2D eigenvalue weighted by Gasteiger charge is -2.01. The van der Waals surface area contributed by atoms with Gasteiger partial charge < -0.3 is 0 Å². The second-order valence-corrected chi connectivity index (χ2v) is 2.04. The van der Waals surface area contributed by atoms with Crippen LogP contribution in [0.15, 0.2) is 12.2 Å². The van der Waals surface area contributed by atoms with Crippen molar-refractivity contribution in [3.05, 3.63) is 12.2 Å². The summed E-state index contributed by atoms with van der Waals surface area (Å²) in [4.78, 5) is 22.4. The van der Waals surface area contributed by atoms with Gasteiger partial charge in [0.1, 0.15) is 0 Å². The number of rotatable bonds is 0. The van der Waals surface area contributed by atoms with Gasteiger partial charge in [-0.15, -0.1) is 0 Å². The number of imide groups is 1. The molecule has 0 radical (unpaired) electrons. The Kier molecular flexibility index (Phi) is 1.12. The zero-order chi connectivity index (χ0) is 7.02. The quantitative estimate of drug-likeness (QED) is 0.335. The summed E-state index contributed by atoms with van der Waals surface area (Å²) in [5.41, 5.74) is 0.391. The second-order valence-electron chi connectivity index (χ2n) is 2.04. The van der Waals surface area contributed by atoms with Crippen LogP contribution in [-0.2, 0) is 9.59 Å². The molecular formula is C6H7NO2. The number of hydrogen-bond acceptors (Lipinski definition) is 2. The summed E-state index contributed by atoms with van der Waals surface area (Å²) in [6, 6.07) is 0. The molecule has 1 aliphatic rings. The second kappa shape index (κ2) is 1.69. The van der Waals surface area contributed by atoms with Crippen LogP contribution in [0.2, 0.25) is 0 Å². The van der Waals surface area contributed by atoms with Crippen molar-refractivity contribution in [3.63, 3.8) is 0 Å². The summed E-state index contributed by atoms with van der Waals surface area (Å²) in [7, 11) is 1.46. The molecule has 0 aromatic rings. The van der Waals surface area contributed by atoms with Crippen LogP contribution in [-0.4, -0.2) is 23.8 Å². The van der Waals surface area contributed by atoms with E-state index in [1.807, 2.05) is 0 Å². The molecule has 2 amide bonds. The molecular weight excluding hydrogens is 118 g/mol. The first-order valence-electron chi connectivity index (χ1n) is 2.61. The van der Waals surface area contributed by atoms with E-state index in [1.54, 1.807) is 0 Å². The highest BCUT2D eigenvalue weighted by atomic mass is 16.2. The molecule has 0 unspecified atom stereocenters. The van der Waals surface area contributed by atoms with E-state index >= 15 is 0 Å². The Hall–Kier alpha value is -1.12. The number of amides is 2. The minimum Gasteiger partial charge on any atom is -0.282 e. The molecule has 0 N–H and O–H groups in total. The molecule has 0 aromatic heterocycles. The number of carbonyl (C=O) groups excluding carboxylic acids is 2. The Morgan fingerprint density at radius 1 is 1.56 bits per heavy atom. The summed E-state index contributed by atoms with van der Waals surface area (Å²) in [6.45, 7) is 3.42. The van der Waals surface area contributed by atoms with Crippen LogP contribution < -0.4 is 0 Å². The average Bonchev–Trinajstić information content (AvgIpc) is 1.98. The third-order valence-electron chi connectivity index (χ3n) is 1.35. The molecule has 3 nitrogen and oxygen atoms in total. The van der Waals surface area contributed by atoms with Crippen molar-refractivity contribution in [2.24, 2.45) is 0 Å². The van der Waals surface area contributed by atoms with E-state index < -0.39 is 0 Å². The summed E-state index contributed by atoms with van der Waals surface area (Å²) in [5.74, 6) is -0.412. The number of nitrogens with zero attached hydrogens (tertiary/aromatic N) is 1. The predicted molar refractivity (Wildman–Crippen MR) is 31.5 cm³/mol. The number of likely N-dealkylation sites (N-methyl/N-ethyl adjacent to an activating group) is 1. The molecule has 1 heterocycles. The van der Waals surface area contributed by atoms with Crippen molar-refractivity contribution in [2.75, 3.05) is 7.05 Å². The zero-order valence-electron chi connectivity index (χ0n) is 5.18. The molecule has 0 atom stereocenters. The van der Waals surface area contributed by atoms with Crippen LogP contribution in [0.1, 0.15) is 6.42 Å². The standard InChI is InChI=1S/C6H7NO2/c1-4-3-5(8)7(2)6(4)9/h1,3H2,2H3. The van der Waals surface area contributed by atoms with E-state index in [-0.39, 0.29) is 18.2 Å². The number of hydrogen-bond donors (Lipinski definition) is 0. The molecule has 0 aliphatic carbocycles. The highest BCUT2D eigenvalue weighted by Gasteiger charge is 2.28. The topological polar surface area (TPSA) is 37.4 Å². The first kappa shape index (κ1) is 6.01. The molecule has 1 rings (SSSR count). The lowest BCUT2D eigenvalue weighted by atomic mass is 10.3. The average molecular weight is 125 g/mol. The van der Waals surface area contributed by atoms with Crippen LogP contribution in [0.25, 0.3) is 0 Å². The Bertz CT molecular complexity index is 195. The number of carbonyl (C=O) groups is 2. The van der Waals surface area contributed by atoms with Crippen LogP contribution in [0.5, 0.6) is 0 Å². The highest BCUT2D eigenvalue weighted by Crippen LogP contribution is 2.13. The summed E-state index contributed by atoms with van der Waals surface area (Å²) in [5, 5.41) is 0. The molecule has 1 saturated heterocycles. The van der Waals surface area contributed by atoms with E-state index in [2.05, 4.69) is 6.58 Å². The number of likely N-dealkylation sites (tertiary alicyclic amines) is 1. The van der Waals surface area contributed by atoms with Crippen molar-refractivity contribution < 1.29 is 9.59 Å². The maximum Gasteiger partial charge on any atom is 0.256 e. The van der Waals surface area contributed by atoms with Gasteiger partial charge in [0.05, 0.1) is 6.42 Å². The van der Waals surface area contributed by atoms with Crippen molar-refractivity contribution in [1.29, 1.82) is 0 Å². The Morgan fingerprint density at radius 3 is 2.22 bits per heavy atom. The maximum atomic E-state index is 10.7. The van der Waals surface area contributed by atoms with Gasteiger partial charge >= 0.3 is 0 Å². The molecule has 48 valence electrons. The van der Waals surface area contributed by atoms with Gasteiger partial charge in [-0.25, -0.2) is 0 Å². The van der Waals surface area contributed by atoms with E-state index in [0.29, 0.717) is 5.57 Å². The lowest BCUT2D eigenvalue weighted by Crippen LogP contribution is -2.23. The third kappa shape index (κ3) is 0.740. The van der Waals surface area contributed by atoms with Gasteiger partial charge in [-0.1, -0.05) is 6.58 Å². The van der Waals surface area contributed by atoms with Gasteiger partial charge in [0.25, 0.3) is 5.91 Å². The fraction of sp³-hybridized carbons (Fsp3) is 0.333. The molecule has 0 bridgehead atoms. The van der Waals surface area contributed by atoms with E-state index in [9.17, 15) is 9.59 Å². The molecule has 1 fully saturated rings. The van der Waals surface area contributed by atoms with Crippen molar-refractivity contribution in [2.45, 2.75) is 6.42 Å². The Morgan fingerprint density at radius 2 is 2.11 bits per heavy atom. The molecule has 9 heavy (non-hydrogen) atoms. The Labute approximate surface area is 53.0 Å². The van der Waals surface area contributed by atoms with Gasteiger partial charge in [-0.05, 0) is 0 Å². The smallest absolute Gasteiger partial charge is 0.256 e. The molecule has 3 heteroatoms. The molecule has 0 aromatic carbocycles. The SMILES string of the molecule is C=C1CC(=O)N(C)C1=O. The molecule has 1 aliphatic heterocycles. The molecule has 0 spiro atoms. The van der Waals surface area contributed by atoms with Crippen LogP contribution in [0, 0.1) is 0 Å². The third-order valence-corrected chi connectivity index (χ3v) is 1.35. The minimum absolute atomic E-state index is 0.162. The van der Waals surface area contributed by atoms with Crippen LogP contribution in [0.3, 0.4) is 0 Å². The van der Waals surface area contributed by atoms with Gasteiger partial charge in [-0.2, -0.15) is 0 Å².